The summed E-state index contributed by atoms with van der Waals surface area (Å²) in [4.78, 5) is 11.4. The molecule has 0 aliphatic carbocycles. The molecule has 0 aliphatic heterocycles. The summed E-state index contributed by atoms with van der Waals surface area (Å²) in [6.07, 6.45) is 6.49. The van der Waals surface area contributed by atoms with E-state index in [0.29, 0.717) is 30.9 Å². The Balaban J connectivity index is 1.92. The van der Waals surface area contributed by atoms with Gasteiger partial charge in [0.05, 0.1) is 43.3 Å². The average molecular weight is 249 g/mol. The fourth-order valence-electron chi connectivity index (χ4n) is 1.51. The van der Waals surface area contributed by atoms with Crippen molar-refractivity contribution in [2.75, 3.05) is 12.3 Å². The number of hydrogen-bond acceptors (Lipinski definition) is 5. The number of ether oxygens (including phenoxy) is 1. The summed E-state index contributed by atoms with van der Waals surface area (Å²) in [5.74, 6) is -0.355. The number of hydrogen-bond donors (Lipinski definition) is 1. The highest BCUT2D eigenvalue weighted by molar-refractivity contribution is 5.88. The number of rotatable bonds is 5. The molecule has 7 nitrogen and oxygen atoms in total. The van der Waals surface area contributed by atoms with E-state index in [1.165, 1.54) is 6.20 Å². The molecule has 0 unspecified atom stereocenters. The van der Waals surface area contributed by atoms with Gasteiger partial charge in [0, 0.05) is 12.4 Å². The SMILES string of the molecule is CCOC(=O)c1cnn(CCn2cc(N)cn2)c1. The third kappa shape index (κ3) is 2.88. The van der Waals surface area contributed by atoms with Crippen LogP contribution >= 0.6 is 0 Å². The van der Waals surface area contributed by atoms with E-state index in [0.717, 1.165) is 0 Å². The first-order chi connectivity index (χ1) is 8.69. The second-order valence-electron chi connectivity index (χ2n) is 3.75. The lowest BCUT2D eigenvalue weighted by atomic mass is 10.4. The zero-order valence-corrected chi connectivity index (χ0v) is 10.1. The lowest BCUT2D eigenvalue weighted by Gasteiger charge is -2.01. The van der Waals surface area contributed by atoms with Gasteiger partial charge in [-0.3, -0.25) is 9.36 Å². The van der Waals surface area contributed by atoms with Gasteiger partial charge >= 0.3 is 5.97 Å². The second kappa shape index (κ2) is 5.35. The molecule has 96 valence electrons. The van der Waals surface area contributed by atoms with Crippen molar-refractivity contribution in [2.45, 2.75) is 20.0 Å². The minimum Gasteiger partial charge on any atom is -0.462 e. The quantitative estimate of drug-likeness (QED) is 0.781. The maximum Gasteiger partial charge on any atom is 0.341 e. The second-order valence-corrected chi connectivity index (χ2v) is 3.75. The van der Waals surface area contributed by atoms with Gasteiger partial charge in [0.2, 0.25) is 0 Å². The van der Waals surface area contributed by atoms with Gasteiger partial charge in [-0.2, -0.15) is 10.2 Å². The maximum absolute atomic E-state index is 11.4. The van der Waals surface area contributed by atoms with Gasteiger partial charge in [0.1, 0.15) is 0 Å². The molecule has 18 heavy (non-hydrogen) atoms. The van der Waals surface area contributed by atoms with Gasteiger partial charge in [-0.05, 0) is 6.92 Å². The molecule has 0 amide bonds. The largest absolute Gasteiger partial charge is 0.462 e. The fourth-order valence-corrected chi connectivity index (χ4v) is 1.51. The summed E-state index contributed by atoms with van der Waals surface area (Å²) in [5.41, 5.74) is 6.64. The molecule has 2 N–H and O–H groups in total. The summed E-state index contributed by atoms with van der Waals surface area (Å²) in [7, 11) is 0. The first-order valence-electron chi connectivity index (χ1n) is 5.66. The molecule has 0 spiro atoms. The number of nitrogens with zero attached hydrogens (tertiary/aromatic N) is 4. The van der Waals surface area contributed by atoms with Crippen LogP contribution in [0.1, 0.15) is 17.3 Å². The van der Waals surface area contributed by atoms with E-state index >= 15 is 0 Å². The van der Waals surface area contributed by atoms with Crippen LogP contribution in [0.4, 0.5) is 5.69 Å². The van der Waals surface area contributed by atoms with Gasteiger partial charge in [0.25, 0.3) is 0 Å². The predicted molar refractivity (Wildman–Crippen MR) is 64.8 cm³/mol. The van der Waals surface area contributed by atoms with E-state index in [4.69, 9.17) is 10.5 Å². The lowest BCUT2D eigenvalue weighted by Crippen LogP contribution is -2.08. The van der Waals surface area contributed by atoms with Crippen LogP contribution in [-0.4, -0.2) is 32.1 Å². The van der Waals surface area contributed by atoms with E-state index in [1.807, 2.05) is 0 Å². The average Bonchev–Trinajstić information content (AvgIpc) is 2.95. The third-order valence-corrected chi connectivity index (χ3v) is 2.36. The number of nitrogens with two attached hydrogens (primary N) is 1. The minimum atomic E-state index is -0.355. The lowest BCUT2D eigenvalue weighted by molar-refractivity contribution is 0.0526. The molecule has 0 aromatic carbocycles. The maximum atomic E-state index is 11.4. The molecule has 0 atom stereocenters. The number of anilines is 1. The van der Waals surface area contributed by atoms with Crippen LogP contribution in [0.2, 0.25) is 0 Å². The Hall–Kier alpha value is -2.31. The summed E-state index contributed by atoms with van der Waals surface area (Å²) in [6, 6.07) is 0. The first kappa shape index (κ1) is 12.2. The number of carbonyl (C=O) groups excluding carboxylic acids is 1. The molecule has 0 fully saturated rings. The van der Waals surface area contributed by atoms with Gasteiger partial charge in [-0.25, -0.2) is 4.79 Å². The van der Waals surface area contributed by atoms with Crippen LogP contribution in [0, 0.1) is 0 Å². The van der Waals surface area contributed by atoms with E-state index in [9.17, 15) is 4.79 Å². The molecule has 7 heteroatoms. The normalized spacial score (nSPS) is 10.5. The summed E-state index contributed by atoms with van der Waals surface area (Å²) < 4.78 is 8.28. The smallest absolute Gasteiger partial charge is 0.341 e. The van der Waals surface area contributed by atoms with Gasteiger partial charge in [0.15, 0.2) is 0 Å². The monoisotopic (exact) mass is 249 g/mol. The van der Waals surface area contributed by atoms with Crippen LogP contribution in [0.3, 0.4) is 0 Å². The van der Waals surface area contributed by atoms with Crippen LogP contribution in [0.25, 0.3) is 0 Å². The van der Waals surface area contributed by atoms with Crippen molar-refractivity contribution in [1.29, 1.82) is 0 Å². The molecule has 0 bridgehead atoms. The number of carbonyl (C=O) groups is 1. The molecule has 2 aromatic heterocycles. The number of nitrogen functional groups attached to an aromatic ring is 1. The van der Waals surface area contributed by atoms with Crippen molar-refractivity contribution in [3.05, 3.63) is 30.4 Å². The van der Waals surface area contributed by atoms with Crippen LogP contribution in [0.15, 0.2) is 24.8 Å². The van der Waals surface area contributed by atoms with Crippen molar-refractivity contribution in [3.63, 3.8) is 0 Å². The molecular formula is C11H15N5O2. The molecule has 2 aromatic rings. The molecule has 2 rings (SSSR count). The summed E-state index contributed by atoms with van der Waals surface area (Å²) in [5, 5.41) is 8.15. The zero-order valence-electron chi connectivity index (χ0n) is 10.1. The highest BCUT2D eigenvalue weighted by Crippen LogP contribution is 2.02. The Kier molecular flexibility index (Phi) is 3.61. The molecular weight excluding hydrogens is 234 g/mol. The highest BCUT2D eigenvalue weighted by atomic mass is 16.5. The van der Waals surface area contributed by atoms with Gasteiger partial charge < -0.3 is 10.5 Å². The molecule has 2 heterocycles. The molecule has 0 saturated carbocycles. The van der Waals surface area contributed by atoms with Crippen molar-refractivity contribution >= 4 is 11.7 Å². The van der Waals surface area contributed by atoms with Crippen LogP contribution in [0.5, 0.6) is 0 Å². The predicted octanol–water partition coefficient (Wildman–Crippen LogP) is 0.539. The Morgan fingerprint density at radius 3 is 2.56 bits per heavy atom. The third-order valence-electron chi connectivity index (χ3n) is 2.36. The van der Waals surface area contributed by atoms with E-state index in [1.54, 1.807) is 34.9 Å². The van der Waals surface area contributed by atoms with Gasteiger partial charge in [-0.1, -0.05) is 0 Å². The topological polar surface area (TPSA) is 88.0 Å². The Morgan fingerprint density at radius 1 is 1.28 bits per heavy atom. The van der Waals surface area contributed by atoms with E-state index < -0.39 is 0 Å². The van der Waals surface area contributed by atoms with Crippen molar-refractivity contribution in [3.8, 4) is 0 Å². The van der Waals surface area contributed by atoms with Crippen molar-refractivity contribution in [2.24, 2.45) is 0 Å². The molecule has 0 saturated heterocycles. The fraction of sp³-hybridized carbons (Fsp3) is 0.364. The standard InChI is InChI=1S/C11H15N5O2/c1-2-18-11(17)9-5-13-15(7-9)3-4-16-8-10(12)6-14-16/h5-8H,2-4,12H2,1H3. The van der Waals surface area contributed by atoms with E-state index in [-0.39, 0.29) is 5.97 Å². The summed E-state index contributed by atoms with van der Waals surface area (Å²) in [6.45, 7) is 3.38. The zero-order chi connectivity index (χ0) is 13.0. The number of esters is 1. The van der Waals surface area contributed by atoms with E-state index in [2.05, 4.69) is 10.2 Å². The Morgan fingerprint density at radius 2 is 1.94 bits per heavy atom. The number of aromatic nitrogens is 4. The number of aryl methyl sites for hydroxylation is 2. The van der Waals surface area contributed by atoms with Gasteiger partial charge in [-0.15, -0.1) is 0 Å². The minimum absolute atomic E-state index is 0.355. The van der Waals surface area contributed by atoms with Crippen molar-refractivity contribution in [1.82, 2.24) is 19.6 Å². The Bertz CT molecular complexity index is 531. The molecule has 0 aliphatic rings. The first-order valence-corrected chi connectivity index (χ1v) is 5.66. The highest BCUT2D eigenvalue weighted by Gasteiger charge is 2.09. The van der Waals surface area contributed by atoms with Crippen LogP contribution < -0.4 is 5.73 Å². The Labute approximate surface area is 104 Å². The van der Waals surface area contributed by atoms with Crippen LogP contribution in [-0.2, 0) is 17.8 Å². The molecule has 0 radical (unpaired) electrons. The van der Waals surface area contributed by atoms with Crippen molar-refractivity contribution < 1.29 is 9.53 Å². The summed E-state index contributed by atoms with van der Waals surface area (Å²) >= 11 is 0.